The summed E-state index contributed by atoms with van der Waals surface area (Å²) in [5.41, 5.74) is 0.891. The highest BCUT2D eigenvalue weighted by molar-refractivity contribution is 7.18. The minimum Gasteiger partial charge on any atom is -0.468 e. The highest BCUT2D eigenvalue weighted by Gasteiger charge is 2.32. The zero-order valence-electron chi connectivity index (χ0n) is 15.8. The number of anilines is 1. The summed E-state index contributed by atoms with van der Waals surface area (Å²) in [5.74, 6) is 0.712. The van der Waals surface area contributed by atoms with Crippen LogP contribution in [0, 0.1) is 6.92 Å². The van der Waals surface area contributed by atoms with Gasteiger partial charge in [-0.2, -0.15) is 0 Å². The second-order valence-corrected chi connectivity index (χ2v) is 8.44. The van der Waals surface area contributed by atoms with Crippen LogP contribution < -0.4 is 4.90 Å². The Morgan fingerprint density at radius 3 is 2.57 bits per heavy atom. The van der Waals surface area contributed by atoms with Crippen LogP contribution in [0.1, 0.15) is 16.5 Å². The highest BCUT2D eigenvalue weighted by atomic mass is 35.5. The van der Waals surface area contributed by atoms with Crippen LogP contribution in [0.3, 0.4) is 0 Å². The van der Waals surface area contributed by atoms with Gasteiger partial charge in [-0.05, 0) is 30.7 Å². The van der Waals surface area contributed by atoms with Crippen molar-refractivity contribution in [2.75, 3.05) is 38.2 Å². The standard InChI is InChI=1S/C20H21ClN4O2S/c1-13-11-16-18(22-12-23-19(16)28-13)25-9-7-24(8-10-25)17(20(26)27-2)14-3-5-15(21)6-4-14/h3-6,11-12,17H,7-10H2,1-2H3. The first kappa shape index (κ1) is 19.1. The van der Waals surface area contributed by atoms with Crippen molar-refractivity contribution in [1.82, 2.24) is 14.9 Å². The number of aryl methyl sites for hydroxylation is 1. The number of ether oxygens (including phenoxy) is 1. The molecule has 0 bridgehead atoms. The molecule has 146 valence electrons. The number of nitrogens with zero attached hydrogens (tertiary/aromatic N) is 4. The van der Waals surface area contributed by atoms with Gasteiger partial charge in [0.05, 0.1) is 12.5 Å². The Morgan fingerprint density at radius 2 is 1.89 bits per heavy atom. The van der Waals surface area contributed by atoms with Gasteiger partial charge in [-0.1, -0.05) is 23.7 Å². The van der Waals surface area contributed by atoms with Gasteiger partial charge in [-0.25, -0.2) is 14.8 Å². The molecule has 8 heteroatoms. The molecule has 6 nitrogen and oxygen atoms in total. The molecular weight excluding hydrogens is 396 g/mol. The maximum Gasteiger partial charge on any atom is 0.327 e. The lowest BCUT2D eigenvalue weighted by molar-refractivity contribution is -0.147. The van der Waals surface area contributed by atoms with E-state index in [-0.39, 0.29) is 5.97 Å². The third-order valence-corrected chi connectivity index (χ3v) is 6.23. The van der Waals surface area contributed by atoms with Gasteiger partial charge in [-0.15, -0.1) is 11.3 Å². The van der Waals surface area contributed by atoms with Crippen LogP contribution in [0.2, 0.25) is 5.02 Å². The van der Waals surface area contributed by atoms with E-state index in [2.05, 4.69) is 32.8 Å². The first-order valence-corrected chi connectivity index (χ1v) is 10.3. The van der Waals surface area contributed by atoms with E-state index >= 15 is 0 Å². The Bertz CT molecular complexity index is 984. The van der Waals surface area contributed by atoms with Crippen molar-refractivity contribution < 1.29 is 9.53 Å². The Morgan fingerprint density at radius 1 is 1.18 bits per heavy atom. The topological polar surface area (TPSA) is 58.6 Å². The fourth-order valence-electron chi connectivity index (χ4n) is 3.66. The van der Waals surface area contributed by atoms with E-state index in [0.29, 0.717) is 5.02 Å². The van der Waals surface area contributed by atoms with E-state index in [1.807, 2.05) is 12.1 Å². The minimum atomic E-state index is -0.432. The number of benzene rings is 1. The van der Waals surface area contributed by atoms with E-state index < -0.39 is 6.04 Å². The lowest BCUT2D eigenvalue weighted by Gasteiger charge is -2.38. The SMILES string of the molecule is COC(=O)C(c1ccc(Cl)cc1)N1CCN(c2ncnc3sc(C)cc23)CC1. The number of carbonyl (C=O) groups is 1. The Kier molecular flexibility index (Phi) is 5.48. The molecule has 1 saturated heterocycles. The van der Waals surface area contributed by atoms with Crippen LogP contribution in [0.4, 0.5) is 5.82 Å². The number of piperazine rings is 1. The number of fused-ring (bicyclic) bond motifs is 1. The summed E-state index contributed by atoms with van der Waals surface area (Å²) in [6, 6.07) is 9.10. The summed E-state index contributed by atoms with van der Waals surface area (Å²) in [7, 11) is 1.43. The number of methoxy groups -OCH3 is 1. The molecule has 1 aromatic carbocycles. The Labute approximate surface area is 172 Å². The molecule has 0 saturated carbocycles. The quantitative estimate of drug-likeness (QED) is 0.604. The van der Waals surface area contributed by atoms with Gasteiger partial charge in [0.1, 0.15) is 23.0 Å². The number of aromatic nitrogens is 2. The fourth-order valence-corrected chi connectivity index (χ4v) is 4.63. The lowest BCUT2D eigenvalue weighted by Crippen LogP contribution is -2.49. The molecule has 0 radical (unpaired) electrons. The molecule has 4 rings (SSSR count). The van der Waals surface area contributed by atoms with Crippen LogP contribution >= 0.6 is 22.9 Å². The van der Waals surface area contributed by atoms with E-state index in [9.17, 15) is 4.79 Å². The number of halogens is 1. The van der Waals surface area contributed by atoms with Crippen molar-refractivity contribution in [3.63, 3.8) is 0 Å². The Hall–Kier alpha value is -2.22. The summed E-state index contributed by atoms with van der Waals surface area (Å²) >= 11 is 7.69. The number of hydrogen-bond acceptors (Lipinski definition) is 7. The van der Waals surface area contributed by atoms with Crippen molar-refractivity contribution >= 4 is 44.9 Å². The molecule has 1 fully saturated rings. The first-order valence-electron chi connectivity index (χ1n) is 9.10. The molecule has 3 heterocycles. The van der Waals surface area contributed by atoms with Gasteiger partial charge >= 0.3 is 5.97 Å². The third-order valence-electron chi connectivity index (χ3n) is 5.02. The number of hydrogen-bond donors (Lipinski definition) is 0. The predicted molar refractivity (Wildman–Crippen MR) is 112 cm³/mol. The van der Waals surface area contributed by atoms with Crippen LogP contribution in [-0.4, -0.2) is 54.1 Å². The number of esters is 1. The average molecular weight is 417 g/mol. The van der Waals surface area contributed by atoms with Crippen molar-refractivity contribution in [1.29, 1.82) is 0 Å². The number of rotatable bonds is 4. The molecular formula is C20H21ClN4O2S. The maximum atomic E-state index is 12.5. The van der Waals surface area contributed by atoms with E-state index in [0.717, 1.165) is 47.8 Å². The molecule has 1 unspecified atom stereocenters. The van der Waals surface area contributed by atoms with Crippen molar-refractivity contribution in [3.8, 4) is 0 Å². The molecule has 1 atom stereocenters. The fraction of sp³-hybridized carbons (Fsp3) is 0.350. The summed E-state index contributed by atoms with van der Waals surface area (Å²) in [6.45, 7) is 5.11. The predicted octanol–water partition coefficient (Wildman–Crippen LogP) is 3.69. The molecule has 0 N–H and O–H groups in total. The van der Waals surface area contributed by atoms with Crippen LogP contribution in [0.25, 0.3) is 10.2 Å². The molecule has 28 heavy (non-hydrogen) atoms. The largest absolute Gasteiger partial charge is 0.468 e. The maximum absolute atomic E-state index is 12.5. The Balaban J connectivity index is 1.54. The second-order valence-electron chi connectivity index (χ2n) is 6.77. The summed E-state index contributed by atoms with van der Waals surface area (Å²) in [5, 5.41) is 1.75. The molecule has 0 aliphatic carbocycles. The second kappa shape index (κ2) is 8.03. The minimum absolute atomic E-state index is 0.256. The first-order chi connectivity index (χ1) is 13.6. The normalized spacial score (nSPS) is 16.3. The van der Waals surface area contributed by atoms with Crippen LogP contribution in [0.5, 0.6) is 0 Å². The van der Waals surface area contributed by atoms with Crippen molar-refractivity contribution in [2.45, 2.75) is 13.0 Å². The third kappa shape index (κ3) is 3.70. The van der Waals surface area contributed by atoms with Gasteiger partial charge in [0.15, 0.2) is 0 Å². The van der Waals surface area contributed by atoms with Crippen LogP contribution in [-0.2, 0) is 9.53 Å². The van der Waals surface area contributed by atoms with Crippen molar-refractivity contribution in [2.24, 2.45) is 0 Å². The van der Waals surface area contributed by atoms with Gasteiger partial charge in [0.2, 0.25) is 0 Å². The van der Waals surface area contributed by atoms with Crippen LogP contribution in [0.15, 0.2) is 36.7 Å². The average Bonchev–Trinajstić information content (AvgIpc) is 3.10. The molecule has 2 aromatic heterocycles. The molecule has 1 aliphatic rings. The van der Waals surface area contributed by atoms with E-state index in [1.54, 1.807) is 29.8 Å². The molecule has 0 spiro atoms. The van der Waals surface area contributed by atoms with Gasteiger partial charge in [0, 0.05) is 36.1 Å². The lowest BCUT2D eigenvalue weighted by atomic mass is 10.0. The summed E-state index contributed by atoms with van der Waals surface area (Å²) in [6.07, 6.45) is 1.63. The monoisotopic (exact) mass is 416 g/mol. The van der Waals surface area contributed by atoms with E-state index in [1.165, 1.54) is 12.0 Å². The summed E-state index contributed by atoms with van der Waals surface area (Å²) < 4.78 is 5.08. The molecule has 0 amide bonds. The van der Waals surface area contributed by atoms with Gasteiger partial charge in [0.25, 0.3) is 0 Å². The highest BCUT2D eigenvalue weighted by Crippen LogP contribution is 2.31. The number of carbonyl (C=O) groups excluding carboxylic acids is 1. The molecule has 1 aliphatic heterocycles. The van der Waals surface area contributed by atoms with E-state index in [4.69, 9.17) is 16.3 Å². The zero-order valence-corrected chi connectivity index (χ0v) is 17.3. The molecule has 3 aromatic rings. The van der Waals surface area contributed by atoms with Crippen molar-refractivity contribution in [3.05, 3.63) is 52.1 Å². The number of thiophene rings is 1. The van der Waals surface area contributed by atoms with Gasteiger partial charge in [-0.3, -0.25) is 4.90 Å². The summed E-state index contributed by atoms with van der Waals surface area (Å²) in [4.78, 5) is 28.1. The zero-order chi connectivity index (χ0) is 19.7. The smallest absolute Gasteiger partial charge is 0.327 e. The van der Waals surface area contributed by atoms with Gasteiger partial charge < -0.3 is 9.64 Å².